The van der Waals surface area contributed by atoms with Crippen molar-refractivity contribution in [3.05, 3.63) is 59.7 Å². The van der Waals surface area contributed by atoms with Crippen LogP contribution in [0, 0.1) is 5.41 Å². The number of carboxylic acids is 1. The molecule has 0 fully saturated rings. The molecule has 8 heteroatoms. The van der Waals surface area contributed by atoms with Crippen LogP contribution in [0.4, 0.5) is 4.79 Å². The van der Waals surface area contributed by atoms with Crippen molar-refractivity contribution in [1.29, 1.82) is 0 Å². The third-order valence-electron chi connectivity index (χ3n) is 6.08. The molecular weight excluding hydrogens is 448 g/mol. The molecule has 0 radical (unpaired) electrons. The molecule has 2 unspecified atom stereocenters. The Labute approximate surface area is 206 Å². The minimum atomic E-state index is -1.52. The van der Waals surface area contributed by atoms with E-state index < -0.39 is 29.6 Å². The Morgan fingerprint density at radius 3 is 2.00 bits per heavy atom. The van der Waals surface area contributed by atoms with Crippen LogP contribution in [0.3, 0.4) is 0 Å². The van der Waals surface area contributed by atoms with Gasteiger partial charge in [-0.1, -0.05) is 69.3 Å². The number of alkyl carbamates (subject to hydrolysis) is 1. The van der Waals surface area contributed by atoms with E-state index in [-0.39, 0.29) is 31.0 Å². The zero-order valence-electron chi connectivity index (χ0n) is 20.9. The van der Waals surface area contributed by atoms with Gasteiger partial charge < -0.3 is 25.2 Å². The number of benzene rings is 2. The maximum atomic E-state index is 13.1. The van der Waals surface area contributed by atoms with E-state index in [4.69, 9.17) is 9.47 Å². The summed E-state index contributed by atoms with van der Waals surface area (Å²) in [6.07, 6.45) is -0.563. The highest BCUT2D eigenvalue weighted by Gasteiger charge is 2.39. The third-order valence-corrected chi connectivity index (χ3v) is 6.08. The van der Waals surface area contributed by atoms with Gasteiger partial charge in [-0.3, -0.25) is 4.79 Å². The molecule has 8 nitrogen and oxygen atoms in total. The lowest BCUT2D eigenvalue weighted by Crippen LogP contribution is -2.62. The number of carbonyl (C=O) groups is 3. The highest BCUT2D eigenvalue weighted by Crippen LogP contribution is 2.44. The molecule has 3 N–H and O–H groups in total. The standard InChI is InChI=1S/C27H34N2O6/c1-26(2,3)14-22(23(30)31)28-24(32)27(4,16-34-5)29-25(33)35-15-21-19-12-8-6-10-17(19)18-11-7-9-13-20(18)21/h6-13,21-22H,14-16H2,1-5H3,(H,28,32)(H,29,33)(H,30,31). The Morgan fingerprint density at radius 2 is 1.51 bits per heavy atom. The number of nitrogens with one attached hydrogen (secondary N) is 2. The maximum absolute atomic E-state index is 13.1. The molecule has 2 amide bonds. The van der Waals surface area contributed by atoms with Crippen molar-refractivity contribution < 1.29 is 29.0 Å². The van der Waals surface area contributed by atoms with Crippen LogP contribution in [0.5, 0.6) is 0 Å². The van der Waals surface area contributed by atoms with E-state index in [1.165, 1.54) is 14.0 Å². The Morgan fingerprint density at radius 1 is 0.971 bits per heavy atom. The average molecular weight is 483 g/mol. The fourth-order valence-electron chi connectivity index (χ4n) is 4.44. The smallest absolute Gasteiger partial charge is 0.408 e. The molecule has 0 heterocycles. The third kappa shape index (κ3) is 6.19. The SMILES string of the molecule is COCC(C)(NC(=O)OCC1c2ccccc2-c2ccccc21)C(=O)NC(CC(C)(C)C)C(=O)O. The summed E-state index contributed by atoms with van der Waals surface area (Å²) in [5.74, 6) is -1.93. The minimum absolute atomic E-state index is 0.0896. The number of hydrogen-bond acceptors (Lipinski definition) is 5. The first kappa shape index (κ1) is 26.2. The number of carboxylic acid groups (broad SMARTS) is 1. The summed E-state index contributed by atoms with van der Waals surface area (Å²) >= 11 is 0. The topological polar surface area (TPSA) is 114 Å². The Balaban J connectivity index is 1.70. The molecule has 1 aliphatic rings. The molecule has 2 aromatic carbocycles. The highest BCUT2D eigenvalue weighted by molar-refractivity contribution is 5.92. The summed E-state index contributed by atoms with van der Waals surface area (Å²) in [5.41, 5.74) is 2.52. The second-order valence-electron chi connectivity index (χ2n) is 10.3. The second kappa shape index (κ2) is 10.5. The molecular formula is C27H34N2O6. The summed E-state index contributed by atoms with van der Waals surface area (Å²) in [6, 6.07) is 14.9. The molecule has 0 aromatic heterocycles. The number of rotatable bonds is 9. The van der Waals surface area contributed by atoms with Gasteiger partial charge in [0.05, 0.1) is 6.61 Å². The van der Waals surface area contributed by atoms with Gasteiger partial charge in [0.1, 0.15) is 18.2 Å². The molecule has 188 valence electrons. The van der Waals surface area contributed by atoms with Crippen LogP contribution in [-0.4, -0.2) is 55.0 Å². The zero-order chi connectivity index (χ0) is 25.8. The van der Waals surface area contributed by atoms with Gasteiger partial charge in [0.2, 0.25) is 5.91 Å². The Bertz CT molecular complexity index is 1050. The monoisotopic (exact) mass is 482 g/mol. The summed E-state index contributed by atoms with van der Waals surface area (Å²) in [4.78, 5) is 37.5. The van der Waals surface area contributed by atoms with Crippen molar-refractivity contribution in [2.75, 3.05) is 20.3 Å². The zero-order valence-corrected chi connectivity index (χ0v) is 20.9. The van der Waals surface area contributed by atoms with Gasteiger partial charge >= 0.3 is 12.1 Å². The van der Waals surface area contributed by atoms with Gasteiger partial charge in [0, 0.05) is 13.0 Å². The van der Waals surface area contributed by atoms with Crippen molar-refractivity contribution in [1.82, 2.24) is 10.6 Å². The highest BCUT2D eigenvalue weighted by atomic mass is 16.5. The Hall–Kier alpha value is -3.39. The molecule has 2 atom stereocenters. The van der Waals surface area contributed by atoms with Crippen LogP contribution in [0.1, 0.15) is 51.2 Å². The van der Waals surface area contributed by atoms with Crippen molar-refractivity contribution in [2.24, 2.45) is 5.41 Å². The van der Waals surface area contributed by atoms with Crippen molar-refractivity contribution in [3.63, 3.8) is 0 Å². The lowest BCUT2D eigenvalue weighted by molar-refractivity contribution is -0.144. The van der Waals surface area contributed by atoms with Crippen molar-refractivity contribution in [2.45, 2.75) is 51.6 Å². The van der Waals surface area contributed by atoms with E-state index in [0.717, 1.165) is 22.3 Å². The van der Waals surface area contributed by atoms with Gasteiger partial charge in [-0.25, -0.2) is 9.59 Å². The predicted octanol–water partition coefficient (Wildman–Crippen LogP) is 3.94. The molecule has 3 rings (SSSR count). The number of methoxy groups -OCH3 is 1. The lowest BCUT2D eigenvalue weighted by Gasteiger charge is -2.31. The van der Waals surface area contributed by atoms with Crippen LogP contribution in [0.2, 0.25) is 0 Å². The fourth-order valence-corrected chi connectivity index (χ4v) is 4.44. The van der Waals surface area contributed by atoms with Gasteiger partial charge in [0.15, 0.2) is 0 Å². The minimum Gasteiger partial charge on any atom is -0.480 e. The summed E-state index contributed by atoms with van der Waals surface area (Å²) in [7, 11) is 1.40. The normalized spacial score (nSPS) is 15.3. The second-order valence-corrected chi connectivity index (χ2v) is 10.3. The van der Waals surface area contributed by atoms with E-state index in [9.17, 15) is 19.5 Å². The van der Waals surface area contributed by atoms with Gasteiger partial charge in [-0.15, -0.1) is 0 Å². The summed E-state index contributed by atoms with van der Waals surface area (Å²) < 4.78 is 10.7. The number of fused-ring (bicyclic) bond motifs is 3. The quantitative estimate of drug-likeness (QED) is 0.499. The number of amides is 2. The average Bonchev–Trinajstić information content (AvgIpc) is 3.10. The lowest BCUT2D eigenvalue weighted by atomic mass is 9.87. The maximum Gasteiger partial charge on any atom is 0.408 e. The fraction of sp³-hybridized carbons (Fsp3) is 0.444. The molecule has 35 heavy (non-hydrogen) atoms. The first-order chi connectivity index (χ1) is 16.4. The van der Waals surface area contributed by atoms with Crippen LogP contribution in [0.15, 0.2) is 48.5 Å². The van der Waals surface area contributed by atoms with E-state index in [2.05, 4.69) is 10.6 Å². The number of carbonyl (C=O) groups excluding carboxylic acids is 2. The summed E-state index contributed by atoms with van der Waals surface area (Å²) in [5, 5.41) is 14.7. The van der Waals surface area contributed by atoms with E-state index >= 15 is 0 Å². The molecule has 2 aromatic rings. The van der Waals surface area contributed by atoms with Gasteiger partial charge in [0.25, 0.3) is 0 Å². The first-order valence-corrected chi connectivity index (χ1v) is 11.6. The summed E-state index contributed by atoms with van der Waals surface area (Å²) in [6.45, 7) is 7.07. The van der Waals surface area contributed by atoms with Gasteiger partial charge in [-0.05, 0) is 41.0 Å². The number of hydrogen-bond donors (Lipinski definition) is 3. The van der Waals surface area contributed by atoms with E-state index in [1.807, 2.05) is 69.3 Å². The predicted molar refractivity (Wildman–Crippen MR) is 132 cm³/mol. The van der Waals surface area contributed by atoms with Gasteiger partial charge in [-0.2, -0.15) is 0 Å². The molecule has 0 aliphatic heterocycles. The first-order valence-electron chi connectivity index (χ1n) is 11.6. The Kier molecular flexibility index (Phi) is 7.85. The van der Waals surface area contributed by atoms with Crippen LogP contribution >= 0.6 is 0 Å². The van der Waals surface area contributed by atoms with Crippen molar-refractivity contribution in [3.8, 4) is 11.1 Å². The molecule has 0 spiro atoms. The molecule has 0 bridgehead atoms. The van der Waals surface area contributed by atoms with E-state index in [0.29, 0.717) is 0 Å². The number of aliphatic carboxylic acids is 1. The molecule has 1 aliphatic carbocycles. The molecule has 0 saturated carbocycles. The van der Waals surface area contributed by atoms with Crippen LogP contribution in [-0.2, 0) is 19.1 Å². The largest absolute Gasteiger partial charge is 0.480 e. The van der Waals surface area contributed by atoms with Crippen LogP contribution < -0.4 is 10.6 Å². The van der Waals surface area contributed by atoms with E-state index in [1.54, 1.807) is 0 Å². The van der Waals surface area contributed by atoms with Crippen LogP contribution in [0.25, 0.3) is 11.1 Å². The number of ether oxygens (including phenoxy) is 2. The molecule has 0 saturated heterocycles. The van der Waals surface area contributed by atoms with Crippen molar-refractivity contribution >= 4 is 18.0 Å².